The molecule has 4 heteroatoms. The molecule has 0 aliphatic rings. The molecule has 0 atom stereocenters. The van der Waals surface area contributed by atoms with Crippen LogP contribution in [0.3, 0.4) is 0 Å². The van der Waals surface area contributed by atoms with E-state index in [1.54, 1.807) is 12.4 Å². The standard InChI is InChI=1S/C14H12N2O.ClH/c17-14-12(8-10-4-2-1-3-5-10)11-6-7-15-9-13(11)16-14;/h1-7,9,16-17H,8H2;1H. The highest BCUT2D eigenvalue weighted by Crippen LogP contribution is 2.28. The average molecular weight is 261 g/mol. The summed E-state index contributed by atoms with van der Waals surface area (Å²) in [5.41, 5.74) is 2.98. The van der Waals surface area contributed by atoms with Gasteiger partial charge in [-0.3, -0.25) is 4.98 Å². The molecule has 0 aliphatic heterocycles. The monoisotopic (exact) mass is 260 g/mol. The number of rotatable bonds is 2. The van der Waals surface area contributed by atoms with Gasteiger partial charge in [0.1, 0.15) is 0 Å². The van der Waals surface area contributed by atoms with Crippen molar-refractivity contribution in [2.75, 3.05) is 0 Å². The normalized spacial score (nSPS) is 10.2. The maximum Gasteiger partial charge on any atom is 0.193 e. The van der Waals surface area contributed by atoms with Gasteiger partial charge in [0, 0.05) is 23.6 Å². The molecule has 18 heavy (non-hydrogen) atoms. The molecular weight excluding hydrogens is 248 g/mol. The van der Waals surface area contributed by atoms with Gasteiger partial charge in [0.2, 0.25) is 0 Å². The molecule has 0 saturated heterocycles. The van der Waals surface area contributed by atoms with Crippen LogP contribution in [0.5, 0.6) is 5.88 Å². The largest absolute Gasteiger partial charge is 0.494 e. The Bertz CT molecular complexity index is 649. The highest BCUT2D eigenvalue weighted by molar-refractivity contribution is 5.85. The van der Waals surface area contributed by atoms with Crippen molar-refractivity contribution in [2.24, 2.45) is 0 Å². The van der Waals surface area contributed by atoms with E-state index in [0.717, 1.165) is 22.9 Å². The Balaban J connectivity index is 0.00000120. The second-order valence-electron chi connectivity index (χ2n) is 4.04. The van der Waals surface area contributed by atoms with Crippen LogP contribution in [0.15, 0.2) is 48.8 Å². The summed E-state index contributed by atoms with van der Waals surface area (Å²) in [4.78, 5) is 6.97. The average Bonchev–Trinajstić information content (AvgIpc) is 2.68. The van der Waals surface area contributed by atoms with E-state index in [2.05, 4.69) is 22.1 Å². The van der Waals surface area contributed by atoms with Gasteiger partial charge in [-0.15, -0.1) is 12.4 Å². The lowest BCUT2D eigenvalue weighted by Gasteiger charge is -2.00. The first kappa shape index (κ1) is 12.5. The predicted molar refractivity (Wildman–Crippen MR) is 74.3 cm³/mol. The van der Waals surface area contributed by atoms with Crippen LogP contribution < -0.4 is 0 Å². The van der Waals surface area contributed by atoms with Crippen LogP contribution in [-0.2, 0) is 6.42 Å². The molecule has 3 nitrogen and oxygen atoms in total. The topological polar surface area (TPSA) is 48.9 Å². The number of nitrogens with one attached hydrogen (secondary N) is 1. The van der Waals surface area contributed by atoms with Crippen molar-refractivity contribution >= 4 is 23.3 Å². The number of pyridine rings is 1. The lowest BCUT2D eigenvalue weighted by molar-refractivity contribution is 0.453. The molecule has 0 amide bonds. The van der Waals surface area contributed by atoms with Gasteiger partial charge >= 0.3 is 0 Å². The number of H-pyrrole nitrogens is 1. The number of hydrogen-bond donors (Lipinski definition) is 2. The van der Waals surface area contributed by atoms with E-state index in [1.807, 2.05) is 24.3 Å². The Labute approximate surface area is 111 Å². The molecule has 2 aromatic heterocycles. The minimum atomic E-state index is 0. The molecule has 3 rings (SSSR count). The lowest BCUT2D eigenvalue weighted by atomic mass is 10.0. The Hall–Kier alpha value is -2.00. The molecule has 0 bridgehead atoms. The van der Waals surface area contributed by atoms with E-state index >= 15 is 0 Å². The second kappa shape index (κ2) is 5.10. The highest BCUT2D eigenvalue weighted by atomic mass is 35.5. The van der Waals surface area contributed by atoms with Crippen molar-refractivity contribution in [3.8, 4) is 5.88 Å². The maximum atomic E-state index is 9.91. The Morgan fingerprint density at radius 3 is 2.67 bits per heavy atom. The molecule has 92 valence electrons. The fourth-order valence-electron chi connectivity index (χ4n) is 2.07. The molecule has 0 radical (unpaired) electrons. The zero-order valence-corrected chi connectivity index (χ0v) is 10.4. The van der Waals surface area contributed by atoms with E-state index in [0.29, 0.717) is 0 Å². The van der Waals surface area contributed by atoms with Gasteiger partial charge in [0.25, 0.3) is 0 Å². The van der Waals surface area contributed by atoms with Crippen LogP contribution in [0.25, 0.3) is 10.9 Å². The first-order valence-electron chi connectivity index (χ1n) is 5.52. The van der Waals surface area contributed by atoms with Crippen molar-refractivity contribution < 1.29 is 5.11 Å². The smallest absolute Gasteiger partial charge is 0.193 e. The third kappa shape index (κ3) is 2.17. The fraction of sp³-hybridized carbons (Fsp3) is 0.0714. The summed E-state index contributed by atoms with van der Waals surface area (Å²) in [6.45, 7) is 0. The third-order valence-corrected chi connectivity index (χ3v) is 2.91. The molecule has 2 heterocycles. The summed E-state index contributed by atoms with van der Waals surface area (Å²) in [5.74, 6) is 0.233. The number of hydrogen-bond acceptors (Lipinski definition) is 2. The van der Waals surface area contributed by atoms with Gasteiger partial charge in [0.05, 0.1) is 11.7 Å². The molecule has 1 aromatic carbocycles. The van der Waals surface area contributed by atoms with Gasteiger partial charge in [-0.1, -0.05) is 30.3 Å². The summed E-state index contributed by atoms with van der Waals surface area (Å²) in [6, 6.07) is 12.0. The van der Waals surface area contributed by atoms with Gasteiger partial charge in [-0.25, -0.2) is 0 Å². The quantitative estimate of drug-likeness (QED) is 0.743. The number of aromatic hydroxyl groups is 1. The van der Waals surface area contributed by atoms with Gasteiger partial charge in [0.15, 0.2) is 5.88 Å². The van der Waals surface area contributed by atoms with Crippen LogP contribution in [-0.4, -0.2) is 15.1 Å². The number of aromatic amines is 1. The summed E-state index contributed by atoms with van der Waals surface area (Å²) < 4.78 is 0. The zero-order valence-electron chi connectivity index (χ0n) is 9.63. The minimum absolute atomic E-state index is 0. The number of halogens is 1. The van der Waals surface area contributed by atoms with E-state index < -0.39 is 0 Å². The van der Waals surface area contributed by atoms with E-state index in [9.17, 15) is 5.11 Å². The Kier molecular flexibility index (Phi) is 3.53. The zero-order chi connectivity index (χ0) is 11.7. The van der Waals surface area contributed by atoms with Crippen LogP contribution in [0.1, 0.15) is 11.1 Å². The van der Waals surface area contributed by atoms with Crippen molar-refractivity contribution in [2.45, 2.75) is 6.42 Å². The van der Waals surface area contributed by atoms with Crippen molar-refractivity contribution in [1.82, 2.24) is 9.97 Å². The number of nitrogens with zero attached hydrogens (tertiary/aromatic N) is 1. The predicted octanol–water partition coefficient (Wildman–Crippen LogP) is 3.28. The van der Waals surface area contributed by atoms with E-state index in [4.69, 9.17) is 0 Å². The SMILES string of the molecule is Cl.Oc1[nH]c2cnccc2c1Cc1ccccc1. The number of fused-ring (bicyclic) bond motifs is 1. The van der Waals surface area contributed by atoms with Crippen LogP contribution in [0, 0.1) is 0 Å². The van der Waals surface area contributed by atoms with Crippen LogP contribution >= 0.6 is 12.4 Å². The first-order chi connectivity index (χ1) is 8.34. The third-order valence-electron chi connectivity index (χ3n) is 2.91. The molecule has 0 spiro atoms. The summed E-state index contributed by atoms with van der Waals surface area (Å²) in [6.07, 6.45) is 4.18. The Morgan fingerprint density at radius 1 is 1.11 bits per heavy atom. The second-order valence-corrected chi connectivity index (χ2v) is 4.04. The van der Waals surface area contributed by atoms with Gasteiger partial charge in [-0.05, 0) is 11.6 Å². The molecule has 0 unspecified atom stereocenters. The van der Waals surface area contributed by atoms with Gasteiger partial charge in [-0.2, -0.15) is 0 Å². The molecular formula is C14H13ClN2O. The lowest BCUT2D eigenvalue weighted by Crippen LogP contribution is -1.86. The van der Waals surface area contributed by atoms with E-state index in [-0.39, 0.29) is 18.3 Å². The van der Waals surface area contributed by atoms with Crippen LogP contribution in [0.4, 0.5) is 0 Å². The number of aromatic nitrogens is 2. The summed E-state index contributed by atoms with van der Waals surface area (Å²) in [7, 11) is 0. The minimum Gasteiger partial charge on any atom is -0.494 e. The molecule has 0 fully saturated rings. The molecule has 0 aliphatic carbocycles. The van der Waals surface area contributed by atoms with Crippen molar-refractivity contribution in [1.29, 1.82) is 0 Å². The van der Waals surface area contributed by atoms with E-state index in [1.165, 1.54) is 5.56 Å². The summed E-state index contributed by atoms with van der Waals surface area (Å²) in [5, 5.41) is 10.9. The number of benzene rings is 1. The molecule has 2 N–H and O–H groups in total. The molecule has 0 saturated carbocycles. The Morgan fingerprint density at radius 2 is 1.89 bits per heavy atom. The maximum absolute atomic E-state index is 9.91. The van der Waals surface area contributed by atoms with Crippen molar-refractivity contribution in [3.63, 3.8) is 0 Å². The fourth-order valence-corrected chi connectivity index (χ4v) is 2.07. The first-order valence-corrected chi connectivity index (χ1v) is 5.52. The van der Waals surface area contributed by atoms with Crippen LogP contribution in [0.2, 0.25) is 0 Å². The van der Waals surface area contributed by atoms with Crippen molar-refractivity contribution in [3.05, 3.63) is 59.9 Å². The van der Waals surface area contributed by atoms with Gasteiger partial charge < -0.3 is 10.1 Å². The molecule has 3 aromatic rings. The highest BCUT2D eigenvalue weighted by Gasteiger charge is 2.10. The summed E-state index contributed by atoms with van der Waals surface area (Å²) >= 11 is 0.